The molecule has 1 heterocycles. The molecular formula is C23H27N3O3. The van der Waals surface area contributed by atoms with E-state index in [-0.39, 0.29) is 17.6 Å². The fraction of sp³-hybridized carbons (Fsp3) is 0.391. The zero-order chi connectivity index (χ0) is 20.1. The Balaban J connectivity index is 1.29. The van der Waals surface area contributed by atoms with Gasteiger partial charge in [-0.2, -0.15) is 0 Å². The summed E-state index contributed by atoms with van der Waals surface area (Å²) >= 11 is 0. The third-order valence-corrected chi connectivity index (χ3v) is 5.76. The highest BCUT2D eigenvalue weighted by Gasteiger charge is 2.53. The number of benzene rings is 1. The van der Waals surface area contributed by atoms with Crippen molar-refractivity contribution in [2.75, 3.05) is 6.54 Å². The predicted molar refractivity (Wildman–Crippen MR) is 111 cm³/mol. The van der Waals surface area contributed by atoms with Gasteiger partial charge in [0.25, 0.3) is 0 Å². The van der Waals surface area contributed by atoms with Crippen LogP contribution in [0, 0.1) is 0 Å². The molecule has 3 aliphatic rings. The van der Waals surface area contributed by atoms with Gasteiger partial charge in [0.05, 0.1) is 11.7 Å². The molecule has 2 fully saturated rings. The zero-order valence-electron chi connectivity index (χ0n) is 16.5. The lowest BCUT2D eigenvalue weighted by atomic mass is 9.84. The van der Waals surface area contributed by atoms with Gasteiger partial charge in [-0.1, -0.05) is 48.6 Å². The molecular weight excluding hydrogens is 366 g/mol. The van der Waals surface area contributed by atoms with E-state index in [1.807, 2.05) is 47.4 Å². The van der Waals surface area contributed by atoms with Crippen LogP contribution < -0.4 is 10.6 Å². The summed E-state index contributed by atoms with van der Waals surface area (Å²) in [5.74, 6) is 0.647. The minimum absolute atomic E-state index is 0.115. The standard InChI is InChI=1S/C23H27N3O3/c27-21-20(13-16-24-22(28)29-19-11-6-1-2-7-12-19)25-23(14-8-15-23)26(21)17-18-9-4-3-5-10-18/h1-6,9-12,20,25H,7-8,13-17H2,(H,24,28). The molecule has 2 amide bonds. The summed E-state index contributed by atoms with van der Waals surface area (Å²) in [6.07, 6.45) is 13.2. The monoisotopic (exact) mass is 393 g/mol. The second-order valence-electron chi connectivity index (χ2n) is 7.73. The second kappa shape index (κ2) is 8.66. The molecule has 0 aromatic heterocycles. The Morgan fingerprint density at radius 3 is 2.83 bits per heavy atom. The SMILES string of the molecule is O=C(NCCC1NC2(CCC2)N(Cc2ccccc2)C1=O)OC1=CCC=CC=C1. The lowest BCUT2D eigenvalue weighted by Gasteiger charge is -2.45. The number of carbonyl (C=O) groups excluding carboxylic acids is 2. The van der Waals surface area contributed by atoms with Gasteiger partial charge in [0.1, 0.15) is 5.76 Å². The maximum absolute atomic E-state index is 13.0. The van der Waals surface area contributed by atoms with E-state index in [0.717, 1.165) is 31.2 Å². The maximum atomic E-state index is 13.0. The molecule has 1 aromatic carbocycles. The summed E-state index contributed by atoms with van der Waals surface area (Å²) in [6, 6.07) is 9.81. The molecule has 1 saturated heterocycles. The molecule has 1 unspecified atom stereocenters. The lowest BCUT2D eigenvalue weighted by molar-refractivity contribution is -0.135. The van der Waals surface area contributed by atoms with E-state index in [1.165, 1.54) is 0 Å². The van der Waals surface area contributed by atoms with Gasteiger partial charge >= 0.3 is 6.09 Å². The number of carbonyl (C=O) groups is 2. The molecule has 1 aromatic rings. The lowest BCUT2D eigenvalue weighted by Crippen LogP contribution is -2.57. The highest BCUT2D eigenvalue weighted by atomic mass is 16.6. The molecule has 29 heavy (non-hydrogen) atoms. The fourth-order valence-electron chi connectivity index (χ4n) is 4.08. The number of hydrogen-bond acceptors (Lipinski definition) is 4. The van der Waals surface area contributed by atoms with Gasteiger partial charge < -0.3 is 15.0 Å². The molecule has 1 atom stereocenters. The van der Waals surface area contributed by atoms with Crippen LogP contribution in [0.5, 0.6) is 0 Å². The van der Waals surface area contributed by atoms with Crippen molar-refractivity contribution in [2.45, 2.75) is 50.4 Å². The van der Waals surface area contributed by atoms with Crippen LogP contribution in [-0.2, 0) is 16.1 Å². The molecule has 152 valence electrons. The summed E-state index contributed by atoms with van der Waals surface area (Å²) in [5, 5.41) is 6.30. The zero-order valence-corrected chi connectivity index (χ0v) is 16.5. The van der Waals surface area contributed by atoms with Crippen molar-refractivity contribution in [3.05, 3.63) is 72.0 Å². The Hall–Kier alpha value is -2.86. The summed E-state index contributed by atoms with van der Waals surface area (Å²) in [6.45, 7) is 1.000. The van der Waals surface area contributed by atoms with E-state index in [4.69, 9.17) is 4.74 Å². The quantitative estimate of drug-likeness (QED) is 0.777. The van der Waals surface area contributed by atoms with Crippen LogP contribution >= 0.6 is 0 Å². The van der Waals surface area contributed by atoms with Crippen LogP contribution in [0.25, 0.3) is 0 Å². The number of nitrogens with zero attached hydrogens (tertiary/aromatic N) is 1. The van der Waals surface area contributed by atoms with Gasteiger partial charge in [-0.15, -0.1) is 0 Å². The topological polar surface area (TPSA) is 70.7 Å². The molecule has 0 radical (unpaired) electrons. The van der Waals surface area contributed by atoms with E-state index in [2.05, 4.69) is 22.8 Å². The van der Waals surface area contributed by atoms with Gasteiger partial charge in [-0.25, -0.2) is 4.79 Å². The molecule has 1 saturated carbocycles. The van der Waals surface area contributed by atoms with Crippen LogP contribution in [0.4, 0.5) is 4.79 Å². The molecule has 1 aliphatic heterocycles. The summed E-state index contributed by atoms with van der Waals surface area (Å²) in [5.41, 5.74) is 0.914. The first kappa shape index (κ1) is 19.5. The Bertz CT molecular complexity index is 840. The first-order valence-corrected chi connectivity index (χ1v) is 10.3. The number of alkyl carbamates (subject to hydrolysis) is 1. The Morgan fingerprint density at radius 2 is 2.07 bits per heavy atom. The summed E-state index contributed by atoms with van der Waals surface area (Å²) in [4.78, 5) is 27.1. The van der Waals surface area contributed by atoms with Crippen molar-refractivity contribution in [3.8, 4) is 0 Å². The molecule has 4 rings (SSSR count). The first-order valence-electron chi connectivity index (χ1n) is 10.3. The highest BCUT2D eigenvalue weighted by Crippen LogP contribution is 2.41. The molecule has 6 nitrogen and oxygen atoms in total. The normalized spacial score (nSPS) is 22.2. The fourth-order valence-corrected chi connectivity index (χ4v) is 4.08. The smallest absolute Gasteiger partial charge is 0.411 e. The van der Waals surface area contributed by atoms with E-state index < -0.39 is 6.09 Å². The van der Waals surface area contributed by atoms with Crippen LogP contribution in [0.1, 0.15) is 37.7 Å². The maximum Gasteiger partial charge on any atom is 0.412 e. The number of ether oxygens (including phenoxy) is 1. The van der Waals surface area contributed by atoms with Crippen molar-refractivity contribution < 1.29 is 14.3 Å². The predicted octanol–water partition coefficient (Wildman–Crippen LogP) is 3.38. The van der Waals surface area contributed by atoms with Crippen molar-refractivity contribution in [1.82, 2.24) is 15.5 Å². The third kappa shape index (κ3) is 4.43. The first-order chi connectivity index (χ1) is 14.2. The van der Waals surface area contributed by atoms with Crippen LogP contribution in [-0.4, -0.2) is 35.1 Å². The van der Waals surface area contributed by atoms with E-state index in [0.29, 0.717) is 25.3 Å². The highest BCUT2D eigenvalue weighted by molar-refractivity contribution is 5.85. The molecule has 0 bridgehead atoms. The molecule has 6 heteroatoms. The van der Waals surface area contributed by atoms with Crippen molar-refractivity contribution in [1.29, 1.82) is 0 Å². The van der Waals surface area contributed by atoms with Gasteiger partial charge in [-0.3, -0.25) is 10.1 Å². The van der Waals surface area contributed by atoms with Crippen LogP contribution in [0.15, 0.2) is 66.5 Å². The Kier molecular flexibility index (Phi) is 5.81. The second-order valence-corrected chi connectivity index (χ2v) is 7.73. The average Bonchev–Trinajstić information content (AvgIpc) is 2.85. The number of allylic oxidation sites excluding steroid dienone is 5. The molecule has 2 aliphatic carbocycles. The third-order valence-electron chi connectivity index (χ3n) is 5.76. The Morgan fingerprint density at radius 1 is 1.24 bits per heavy atom. The average molecular weight is 393 g/mol. The minimum atomic E-state index is -0.493. The van der Waals surface area contributed by atoms with E-state index in [1.54, 1.807) is 6.08 Å². The van der Waals surface area contributed by atoms with Crippen molar-refractivity contribution >= 4 is 12.0 Å². The van der Waals surface area contributed by atoms with Crippen molar-refractivity contribution in [2.24, 2.45) is 0 Å². The number of nitrogens with one attached hydrogen (secondary N) is 2. The largest absolute Gasteiger partial charge is 0.412 e. The number of amides is 2. The van der Waals surface area contributed by atoms with E-state index >= 15 is 0 Å². The van der Waals surface area contributed by atoms with Gasteiger partial charge in [0.2, 0.25) is 5.91 Å². The number of hydrogen-bond donors (Lipinski definition) is 2. The Labute approximate surface area is 171 Å². The van der Waals surface area contributed by atoms with Crippen LogP contribution in [0.2, 0.25) is 0 Å². The van der Waals surface area contributed by atoms with E-state index in [9.17, 15) is 9.59 Å². The van der Waals surface area contributed by atoms with Crippen LogP contribution in [0.3, 0.4) is 0 Å². The van der Waals surface area contributed by atoms with Gasteiger partial charge in [-0.05, 0) is 49.8 Å². The summed E-state index contributed by atoms with van der Waals surface area (Å²) < 4.78 is 5.30. The van der Waals surface area contributed by atoms with Gasteiger partial charge in [0, 0.05) is 13.1 Å². The minimum Gasteiger partial charge on any atom is -0.411 e. The van der Waals surface area contributed by atoms with Crippen molar-refractivity contribution in [3.63, 3.8) is 0 Å². The summed E-state index contributed by atoms with van der Waals surface area (Å²) in [7, 11) is 0. The number of rotatable bonds is 6. The molecule has 2 N–H and O–H groups in total. The molecule has 1 spiro atoms. The van der Waals surface area contributed by atoms with Gasteiger partial charge in [0.15, 0.2) is 0 Å².